The minimum atomic E-state index is -0.523. The van der Waals surface area contributed by atoms with E-state index in [0.717, 1.165) is 5.69 Å². The maximum absolute atomic E-state index is 11.9. The van der Waals surface area contributed by atoms with E-state index in [2.05, 4.69) is 10.1 Å². The van der Waals surface area contributed by atoms with Crippen LogP contribution in [0, 0.1) is 0 Å². The summed E-state index contributed by atoms with van der Waals surface area (Å²) in [4.78, 5) is 24.7. The van der Waals surface area contributed by atoms with Crippen LogP contribution in [0.3, 0.4) is 0 Å². The van der Waals surface area contributed by atoms with E-state index in [-0.39, 0.29) is 18.4 Å². The van der Waals surface area contributed by atoms with Gasteiger partial charge in [0.15, 0.2) is 0 Å². The summed E-state index contributed by atoms with van der Waals surface area (Å²) in [7, 11) is 2.87. The van der Waals surface area contributed by atoms with E-state index in [1.165, 1.54) is 7.11 Å². The van der Waals surface area contributed by atoms with Gasteiger partial charge in [-0.3, -0.25) is 4.79 Å². The van der Waals surface area contributed by atoms with Gasteiger partial charge in [-0.25, -0.2) is 4.79 Å². The zero-order valence-corrected chi connectivity index (χ0v) is 10.9. The molecule has 0 aromatic heterocycles. The second-order valence-corrected chi connectivity index (χ2v) is 4.24. The molecule has 1 aliphatic rings. The third kappa shape index (κ3) is 2.96. The maximum Gasteiger partial charge on any atom is 0.407 e. The van der Waals surface area contributed by atoms with E-state index in [1.807, 2.05) is 18.2 Å². The number of carbonyl (C=O) groups is 2. The molecule has 1 aromatic rings. The summed E-state index contributed by atoms with van der Waals surface area (Å²) in [6.45, 7) is 0.432. The van der Waals surface area contributed by atoms with Crippen LogP contribution in [0.5, 0.6) is 5.75 Å². The Morgan fingerprint density at radius 2 is 2.21 bits per heavy atom. The van der Waals surface area contributed by atoms with Gasteiger partial charge in [0.2, 0.25) is 5.91 Å². The van der Waals surface area contributed by atoms with Crippen molar-refractivity contribution < 1.29 is 19.1 Å². The molecule has 2 amide bonds. The van der Waals surface area contributed by atoms with Crippen LogP contribution in [0.4, 0.5) is 10.5 Å². The average Bonchev–Trinajstić information content (AvgIpc) is 2.79. The van der Waals surface area contributed by atoms with Crippen molar-refractivity contribution >= 4 is 17.7 Å². The molecule has 1 aromatic carbocycles. The Labute approximate surface area is 111 Å². The van der Waals surface area contributed by atoms with Crippen molar-refractivity contribution in [2.75, 3.05) is 25.7 Å². The van der Waals surface area contributed by atoms with Gasteiger partial charge in [-0.15, -0.1) is 0 Å². The Morgan fingerprint density at radius 1 is 1.42 bits per heavy atom. The second kappa shape index (κ2) is 5.60. The van der Waals surface area contributed by atoms with E-state index < -0.39 is 6.09 Å². The van der Waals surface area contributed by atoms with Crippen molar-refractivity contribution in [1.82, 2.24) is 5.32 Å². The van der Waals surface area contributed by atoms with Gasteiger partial charge in [0.05, 0.1) is 20.3 Å². The van der Waals surface area contributed by atoms with Crippen LogP contribution < -0.4 is 15.0 Å². The van der Waals surface area contributed by atoms with Gasteiger partial charge in [-0.05, 0) is 12.1 Å². The zero-order valence-electron chi connectivity index (χ0n) is 10.9. The minimum Gasteiger partial charge on any atom is -0.497 e. The third-order valence-corrected chi connectivity index (χ3v) is 3.00. The van der Waals surface area contributed by atoms with Crippen molar-refractivity contribution in [3.63, 3.8) is 0 Å². The monoisotopic (exact) mass is 264 g/mol. The molecule has 1 aliphatic heterocycles. The lowest BCUT2D eigenvalue weighted by Gasteiger charge is -2.17. The van der Waals surface area contributed by atoms with Crippen molar-refractivity contribution in [3.05, 3.63) is 24.3 Å². The highest BCUT2D eigenvalue weighted by molar-refractivity contribution is 5.96. The summed E-state index contributed by atoms with van der Waals surface area (Å²) in [6.07, 6.45) is -0.253. The predicted octanol–water partition coefficient (Wildman–Crippen LogP) is 1.16. The minimum absolute atomic E-state index is 0.0327. The van der Waals surface area contributed by atoms with Crippen LogP contribution in [0.1, 0.15) is 6.42 Å². The van der Waals surface area contributed by atoms with E-state index in [0.29, 0.717) is 12.3 Å². The van der Waals surface area contributed by atoms with Crippen molar-refractivity contribution in [1.29, 1.82) is 0 Å². The highest BCUT2D eigenvalue weighted by Gasteiger charge is 2.31. The molecule has 0 saturated carbocycles. The van der Waals surface area contributed by atoms with Gasteiger partial charge in [-0.1, -0.05) is 6.07 Å². The molecule has 1 saturated heterocycles. The van der Waals surface area contributed by atoms with Gasteiger partial charge in [0, 0.05) is 24.7 Å². The molecule has 0 aliphatic carbocycles. The largest absolute Gasteiger partial charge is 0.497 e. The second-order valence-electron chi connectivity index (χ2n) is 4.24. The fourth-order valence-electron chi connectivity index (χ4n) is 2.06. The lowest BCUT2D eigenvalue weighted by molar-refractivity contribution is -0.117. The SMILES string of the molecule is COC(=O)N[C@H]1CC(=O)N(c2cccc(OC)c2)C1. The first kappa shape index (κ1) is 13.2. The summed E-state index contributed by atoms with van der Waals surface area (Å²) in [5.74, 6) is 0.657. The quantitative estimate of drug-likeness (QED) is 0.889. The molecule has 0 bridgehead atoms. The Bertz CT molecular complexity index is 489. The predicted molar refractivity (Wildman–Crippen MR) is 69.3 cm³/mol. The van der Waals surface area contributed by atoms with Gasteiger partial charge >= 0.3 is 6.09 Å². The normalized spacial score (nSPS) is 18.3. The Morgan fingerprint density at radius 3 is 2.89 bits per heavy atom. The van der Waals surface area contributed by atoms with Crippen LogP contribution in [0.25, 0.3) is 0 Å². The van der Waals surface area contributed by atoms with Gasteiger partial charge in [-0.2, -0.15) is 0 Å². The summed E-state index contributed by atoms with van der Waals surface area (Å²) >= 11 is 0. The molecule has 1 atom stereocenters. The molecule has 6 heteroatoms. The lowest BCUT2D eigenvalue weighted by atomic mass is 10.2. The van der Waals surface area contributed by atoms with Gasteiger partial charge in [0.25, 0.3) is 0 Å². The van der Waals surface area contributed by atoms with E-state index in [4.69, 9.17) is 4.74 Å². The first-order valence-electron chi connectivity index (χ1n) is 5.93. The third-order valence-electron chi connectivity index (χ3n) is 3.00. The zero-order chi connectivity index (χ0) is 13.8. The van der Waals surface area contributed by atoms with E-state index in [1.54, 1.807) is 18.1 Å². The maximum atomic E-state index is 11.9. The fourth-order valence-corrected chi connectivity index (χ4v) is 2.06. The molecule has 0 unspecified atom stereocenters. The number of benzene rings is 1. The van der Waals surface area contributed by atoms with Gasteiger partial charge < -0.3 is 19.7 Å². The molecule has 1 fully saturated rings. The standard InChI is InChI=1S/C13H16N2O4/c1-18-11-5-3-4-10(7-11)15-8-9(6-12(15)16)14-13(17)19-2/h3-5,7,9H,6,8H2,1-2H3,(H,14,17)/t9-/m0/s1. The van der Waals surface area contributed by atoms with Crippen LogP contribution in [0.15, 0.2) is 24.3 Å². The van der Waals surface area contributed by atoms with Crippen LogP contribution in [-0.4, -0.2) is 38.8 Å². The molecule has 0 radical (unpaired) electrons. The van der Waals surface area contributed by atoms with Crippen LogP contribution in [0.2, 0.25) is 0 Å². The van der Waals surface area contributed by atoms with E-state index in [9.17, 15) is 9.59 Å². The summed E-state index contributed by atoms with van der Waals surface area (Å²) in [5, 5.41) is 2.63. The van der Waals surface area contributed by atoms with Crippen molar-refractivity contribution in [2.24, 2.45) is 0 Å². The molecular formula is C13H16N2O4. The Hall–Kier alpha value is -2.24. The van der Waals surface area contributed by atoms with Gasteiger partial charge in [0.1, 0.15) is 5.75 Å². The Kier molecular flexibility index (Phi) is 3.89. The molecule has 6 nitrogen and oxygen atoms in total. The molecule has 1 N–H and O–H groups in total. The smallest absolute Gasteiger partial charge is 0.407 e. The highest BCUT2D eigenvalue weighted by Crippen LogP contribution is 2.25. The summed E-state index contributed by atoms with van der Waals surface area (Å²) < 4.78 is 9.66. The number of carbonyl (C=O) groups excluding carboxylic acids is 2. The molecule has 0 spiro atoms. The number of nitrogens with one attached hydrogen (secondary N) is 1. The number of hydrogen-bond acceptors (Lipinski definition) is 4. The Balaban J connectivity index is 2.08. The lowest BCUT2D eigenvalue weighted by Crippen LogP contribution is -2.37. The van der Waals surface area contributed by atoms with Crippen LogP contribution >= 0.6 is 0 Å². The molecular weight excluding hydrogens is 248 g/mol. The van der Waals surface area contributed by atoms with E-state index >= 15 is 0 Å². The number of anilines is 1. The number of alkyl carbamates (subject to hydrolysis) is 1. The molecule has 19 heavy (non-hydrogen) atoms. The number of rotatable bonds is 3. The number of amides is 2. The first-order chi connectivity index (χ1) is 9.13. The van der Waals surface area contributed by atoms with Crippen LogP contribution in [-0.2, 0) is 9.53 Å². The van der Waals surface area contributed by atoms with Crippen molar-refractivity contribution in [2.45, 2.75) is 12.5 Å². The average molecular weight is 264 g/mol. The first-order valence-corrected chi connectivity index (χ1v) is 5.93. The highest BCUT2D eigenvalue weighted by atomic mass is 16.5. The number of hydrogen-bond donors (Lipinski definition) is 1. The summed E-state index contributed by atoms with van der Waals surface area (Å²) in [5.41, 5.74) is 0.763. The molecule has 102 valence electrons. The molecule has 1 heterocycles. The number of ether oxygens (including phenoxy) is 2. The van der Waals surface area contributed by atoms with Crippen molar-refractivity contribution in [3.8, 4) is 5.75 Å². The number of methoxy groups -OCH3 is 2. The number of nitrogens with zero attached hydrogens (tertiary/aromatic N) is 1. The topological polar surface area (TPSA) is 67.9 Å². The molecule has 2 rings (SSSR count). The fraction of sp³-hybridized carbons (Fsp3) is 0.385. The summed E-state index contributed by atoms with van der Waals surface area (Å²) in [6, 6.07) is 7.03.